The largest absolute Gasteiger partial charge is 0.493 e. The molecule has 0 aliphatic carbocycles. The molecule has 0 saturated heterocycles. The van der Waals surface area contributed by atoms with Crippen LogP contribution in [-0.4, -0.2) is 17.4 Å². The second-order valence-electron chi connectivity index (χ2n) is 4.97. The summed E-state index contributed by atoms with van der Waals surface area (Å²) in [4.78, 5) is 23.1. The van der Waals surface area contributed by atoms with E-state index in [0.717, 1.165) is 6.42 Å². The second kappa shape index (κ2) is 5.96. The fourth-order valence-corrected chi connectivity index (χ4v) is 2.29. The van der Waals surface area contributed by atoms with Crippen LogP contribution < -0.4 is 14.8 Å². The van der Waals surface area contributed by atoms with E-state index in [1.165, 1.54) is 12.1 Å². The molecule has 0 saturated carbocycles. The predicted octanol–water partition coefficient (Wildman–Crippen LogP) is 3.74. The molecule has 0 radical (unpaired) electrons. The number of rotatable bonds is 4. The molecule has 0 aromatic heterocycles. The fraction of sp³-hybridized carbons (Fsp3) is 0.188. The number of nitro benzene ring substituents is 1. The summed E-state index contributed by atoms with van der Waals surface area (Å²) in [5, 5.41) is 14.0. The number of hydrogen-bond donors (Lipinski definition) is 1. The number of anilines is 1. The Kier molecular flexibility index (Phi) is 3.84. The molecule has 118 valence electrons. The Morgan fingerprint density at radius 2 is 2.04 bits per heavy atom. The molecule has 2 aromatic carbocycles. The van der Waals surface area contributed by atoms with E-state index in [2.05, 4.69) is 5.32 Å². The summed E-state index contributed by atoms with van der Waals surface area (Å²) in [7, 11) is 0. The highest BCUT2D eigenvalue weighted by Crippen LogP contribution is 2.41. The number of fused-ring (bicyclic) bond motifs is 2. The van der Waals surface area contributed by atoms with E-state index in [4.69, 9.17) is 9.47 Å². The third-order valence-corrected chi connectivity index (χ3v) is 3.31. The van der Waals surface area contributed by atoms with Gasteiger partial charge in [-0.1, -0.05) is 19.1 Å². The summed E-state index contributed by atoms with van der Waals surface area (Å²) in [6.45, 7) is 2.34. The van der Waals surface area contributed by atoms with E-state index >= 15 is 0 Å². The fourth-order valence-electron chi connectivity index (χ4n) is 2.29. The van der Waals surface area contributed by atoms with Crippen LogP contribution in [-0.2, 0) is 0 Å². The van der Waals surface area contributed by atoms with Gasteiger partial charge in [-0.25, -0.2) is 0 Å². The highest BCUT2D eigenvalue weighted by molar-refractivity contribution is 6.10. The molecule has 2 aromatic rings. The van der Waals surface area contributed by atoms with Gasteiger partial charge in [-0.15, -0.1) is 0 Å². The zero-order valence-corrected chi connectivity index (χ0v) is 12.4. The molecular weight excluding hydrogens is 300 g/mol. The SMILES string of the molecule is CCCOc1cc2c(c([N+](=O)[O-])c1)C(=O)Nc1ccccc1O2. The maximum atomic E-state index is 12.4. The molecule has 3 rings (SSSR count). The first-order chi connectivity index (χ1) is 11.1. The van der Waals surface area contributed by atoms with Crippen molar-refractivity contribution in [2.45, 2.75) is 13.3 Å². The quantitative estimate of drug-likeness (QED) is 0.685. The number of ether oxygens (including phenoxy) is 2. The number of nitrogens with zero attached hydrogens (tertiary/aromatic N) is 1. The first-order valence-corrected chi connectivity index (χ1v) is 7.13. The van der Waals surface area contributed by atoms with E-state index in [0.29, 0.717) is 23.8 Å². The van der Waals surface area contributed by atoms with E-state index < -0.39 is 10.8 Å². The van der Waals surface area contributed by atoms with Gasteiger partial charge in [-0.3, -0.25) is 14.9 Å². The molecule has 0 fully saturated rings. The van der Waals surface area contributed by atoms with Gasteiger partial charge >= 0.3 is 0 Å². The van der Waals surface area contributed by atoms with Crippen LogP contribution in [0.3, 0.4) is 0 Å². The van der Waals surface area contributed by atoms with Gasteiger partial charge in [0.2, 0.25) is 0 Å². The van der Waals surface area contributed by atoms with Gasteiger partial charge in [0.05, 0.1) is 23.3 Å². The lowest BCUT2D eigenvalue weighted by atomic mass is 10.1. The van der Waals surface area contributed by atoms with Crippen molar-refractivity contribution in [3.63, 3.8) is 0 Å². The van der Waals surface area contributed by atoms with Crippen molar-refractivity contribution in [2.24, 2.45) is 0 Å². The molecule has 1 heterocycles. The standard InChI is InChI=1S/C16H14N2O5/c1-2-7-22-10-8-12(18(20)21)15-14(9-10)23-13-6-4-3-5-11(13)17-16(15)19/h3-6,8-9H,2,7H2,1H3,(H,17,19). The normalized spacial score (nSPS) is 12.3. The Balaban J connectivity index is 2.15. The van der Waals surface area contributed by atoms with Gasteiger partial charge in [0.25, 0.3) is 11.6 Å². The summed E-state index contributed by atoms with van der Waals surface area (Å²) < 4.78 is 11.2. The second-order valence-corrected chi connectivity index (χ2v) is 4.97. The van der Waals surface area contributed by atoms with Crippen LogP contribution in [0, 0.1) is 10.1 Å². The van der Waals surface area contributed by atoms with Crippen LogP contribution in [0.5, 0.6) is 17.2 Å². The van der Waals surface area contributed by atoms with Gasteiger partial charge in [0, 0.05) is 6.07 Å². The number of carbonyl (C=O) groups is 1. The molecular formula is C16H14N2O5. The zero-order chi connectivity index (χ0) is 16.4. The average Bonchev–Trinajstić information content (AvgIpc) is 2.67. The number of nitro groups is 1. The van der Waals surface area contributed by atoms with Crippen LogP contribution in [0.15, 0.2) is 36.4 Å². The molecule has 1 aliphatic heterocycles. The molecule has 7 nitrogen and oxygen atoms in total. The maximum absolute atomic E-state index is 12.4. The molecule has 1 amide bonds. The van der Waals surface area contributed by atoms with Crippen molar-refractivity contribution in [3.8, 4) is 17.2 Å². The molecule has 0 bridgehead atoms. The van der Waals surface area contributed by atoms with Crippen LogP contribution in [0.25, 0.3) is 0 Å². The molecule has 7 heteroatoms. The van der Waals surface area contributed by atoms with Gasteiger partial charge in [-0.05, 0) is 18.6 Å². The van der Waals surface area contributed by atoms with Gasteiger partial charge in [-0.2, -0.15) is 0 Å². The molecule has 0 atom stereocenters. The smallest absolute Gasteiger partial charge is 0.289 e. The Morgan fingerprint density at radius 3 is 2.78 bits per heavy atom. The van der Waals surface area contributed by atoms with Gasteiger partial charge in [0.1, 0.15) is 5.75 Å². The highest BCUT2D eigenvalue weighted by Gasteiger charge is 2.30. The van der Waals surface area contributed by atoms with E-state index in [9.17, 15) is 14.9 Å². The third-order valence-electron chi connectivity index (χ3n) is 3.31. The van der Waals surface area contributed by atoms with E-state index in [1.807, 2.05) is 6.92 Å². The lowest BCUT2D eigenvalue weighted by Gasteiger charge is -2.10. The Hall–Kier alpha value is -3.09. The first-order valence-electron chi connectivity index (χ1n) is 7.13. The minimum Gasteiger partial charge on any atom is -0.493 e. The number of nitrogens with one attached hydrogen (secondary N) is 1. The van der Waals surface area contributed by atoms with Crippen molar-refractivity contribution in [1.82, 2.24) is 0 Å². The summed E-state index contributed by atoms with van der Waals surface area (Å²) in [5.74, 6) is 0.234. The number of amides is 1. The summed E-state index contributed by atoms with van der Waals surface area (Å²) >= 11 is 0. The number of benzene rings is 2. The Morgan fingerprint density at radius 1 is 1.26 bits per heavy atom. The third kappa shape index (κ3) is 2.80. The van der Waals surface area contributed by atoms with Crippen molar-refractivity contribution < 1.29 is 19.2 Å². The van der Waals surface area contributed by atoms with Crippen molar-refractivity contribution in [3.05, 3.63) is 52.1 Å². The zero-order valence-electron chi connectivity index (χ0n) is 12.4. The molecule has 1 aliphatic rings. The monoisotopic (exact) mass is 314 g/mol. The minimum absolute atomic E-state index is 0.104. The maximum Gasteiger partial charge on any atom is 0.289 e. The number of carbonyl (C=O) groups excluding carboxylic acids is 1. The lowest BCUT2D eigenvalue weighted by Crippen LogP contribution is -2.13. The van der Waals surface area contributed by atoms with E-state index in [-0.39, 0.29) is 17.0 Å². The van der Waals surface area contributed by atoms with Crippen LogP contribution >= 0.6 is 0 Å². The Bertz CT molecular complexity index is 788. The summed E-state index contributed by atoms with van der Waals surface area (Å²) in [6, 6.07) is 9.58. The van der Waals surface area contributed by atoms with Crippen LogP contribution in [0.4, 0.5) is 11.4 Å². The Labute approximate surface area is 132 Å². The molecule has 23 heavy (non-hydrogen) atoms. The van der Waals surface area contributed by atoms with E-state index in [1.54, 1.807) is 24.3 Å². The van der Waals surface area contributed by atoms with Crippen molar-refractivity contribution >= 4 is 17.3 Å². The van der Waals surface area contributed by atoms with Crippen LogP contribution in [0.2, 0.25) is 0 Å². The van der Waals surface area contributed by atoms with Crippen molar-refractivity contribution in [2.75, 3.05) is 11.9 Å². The molecule has 0 unspecified atom stereocenters. The minimum atomic E-state index is -0.615. The van der Waals surface area contributed by atoms with Crippen molar-refractivity contribution in [1.29, 1.82) is 0 Å². The lowest BCUT2D eigenvalue weighted by molar-refractivity contribution is -0.385. The van der Waals surface area contributed by atoms with Gasteiger partial charge < -0.3 is 14.8 Å². The average molecular weight is 314 g/mol. The summed E-state index contributed by atoms with van der Waals surface area (Å²) in [5.41, 5.74) is -0.00650. The predicted molar refractivity (Wildman–Crippen MR) is 83.4 cm³/mol. The molecule has 0 spiro atoms. The summed E-state index contributed by atoms with van der Waals surface area (Å²) in [6.07, 6.45) is 0.759. The number of para-hydroxylation sites is 2. The first kappa shape index (κ1) is 14.8. The topological polar surface area (TPSA) is 90.7 Å². The molecule has 1 N–H and O–H groups in total. The highest BCUT2D eigenvalue weighted by atomic mass is 16.6. The number of hydrogen-bond acceptors (Lipinski definition) is 5. The van der Waals surface area contributed by atoms with Crippen LogP contribution in [0.1, 0.15) is 23.7 Å². The van der Waals surface area contributed by atoms with Gasteiger partial charge in [0.15, 0.2) is 17.1 Å².